The lowest BCUT2D eigenvalue weighted by molar-refractivity contribution is -0.152. The molecule has 3 heterocycles. The van der Waals surface area contributed by atoms with Crippen LogP contribution in [0.5, 0.6) is 5.88 Å². The second kappa shape index (κ2) is 6.03. The SMILES string of the molecule is C[C@@H]1C[C@H]1C(=O)N1CC2(C[C@@H](COc3ccccn3)CCN2C)C1. The van der Waals surface area contributed by atoms with Gasteiger partial charge in [-0.1, -0.05) is 13.0 Å². The van der Waals surface area contributed by atoms with Crippen molar-refractivity contribution in [2.45, 2.75) is 31.7 Å². The number of likely N-dealkylation sites (tertiary alicyclic amines) is 2. The molecule has 0 N–H and O–H groups in total. The zero-order valence-corrected chi connectivity index (χ0v) is 14.6. The van der Waals surface area contributed by atoms with E-state index in [9.17, 15) is 4.79 Å². The second-order valence-electron chi connectivity index (χ2n) is 8.00. The lowest BCUT2D eigenvalue weighted by atomic mass is 9.75. The third-order valence-corrected chi connectivity index (χ3v) is 6.16. The molecule has 1 spiro atoms. The minimum Gasteiger partial charge on any atom is -0.477 e. The minimum absolute atomic E-state index is 0.171. The molecule has 4 rings (SSSR count). The number of ether oxygens (including phenoxy) is 1. The van der Waals surface area contributed by atoms with E-state index < -0.39 is 0 Å². The zero-order valence-electron chi connectivity index (χ0n) is 14.6. The number of nitrogens with zero attached hydrogens (tertiary/aromatic N) is 3. The number of piperidine rings is 1. The molecule has 1 aliphatic carbocycles. The van der Waals surface area contributed by atoms with Crippen molar-refractivity contribution in [1.82, 2.24) is 14.8 Å². The van der Waals surface area contributed by atoms with Crippen LogP contribution >= 0.6 is 0 Å². The van der Waals surface area contributed by atoms with Gasteiger partial charge in [0.25, 0.3) is 0 Å². The van der Waals surface area contributed by atoms with Crippen LogP contribution in [0.1, 0.15) is 26.2 Å². The Labute approximate surface area is 144 Å². The van der Waals surface area contributed by atoms with Crippen molar-refractivity contribution in [3.05, 3.63) is 24.4 Å². The van der Waals surface area contributed by atoms with Crippen LogP contribution in [0.15, 0.2) is 24.4 Å². The van der Waals surface area contributed by atoms with Crippen molar-refractivity contribution in [3.8, 4) is 5.88 Å². The Kier molecular flexibility index (Phi) is 3.99. The lowest BCUT2D eigenvalue weighted by Gasteiger charge is -2.58. The van der Waals surface area contributed by atoms with Crippen molar-refractivity contribution < 1.29 is 9.53 Å². The summed E-state index contributed by atoms with van der Waals surface area (Å²) in [6.07, 6.45) is 5.11. The van der Waals surface area contributed by atoms with Crippen molar-refractivity contribution in [2.75, 3.05) is 33.3 Å². The molecule has 1 amide bonds. The minimum atomic E-state index is 0.171. The molecule has 0 bridgehead atoms. The fourth-order valence-electron chi connectivity index (χ4n) is 4.28. The number of amides is 1. The third kappa shape index (κ3) is 2.90. The fourth-order valence-corrected chi connectivity index (χ4v) is 4.28. The molecule has 2 saturated heterocycles. The summed E-state index contributed by atoms with van der Waals surface area (Å²) < 4.78 is 5.87. The van der Waals surface area contributed by atoms with Gasteiger partial charge in [-0.05, 0) is 50.8 Å². The van der Waals surface area contributed by atoms with Crippen molar-refractivity contribution >= 4 is 5.91 Å². The molecule has 2 aliphatic heterocycles. The Balaban J connectivity index is 1.32. The van der Waals surface area contributed by atoms with Crippen LogP contribution < -0.4 is 4.74 Å². The Morgan fingerprint density at radius 2 is 2.21 bits per heavy atom. The van der Waals surface area contributed by atoms with Gasteiger partial charge in [0.2, 0.25) is 11.8 Å². The van der Waals surface area contributed by atoms with Gasteiger partial charge in [0.1, 0.15) is 0 Å². The van der Waals surface area contributed by atoms with E-state index >= 15 is 0 Å². The Hall–Kier alpha value is -1.62. The first kappa shape index (κ1) is 15.9. The highest BCUT2D eigenvalue weighted by Gasteiger charge is 2.53. The molecule has 5 heteroatoms. The standard InChI is InChI=1S/C19H27N3O2/c1-14-9-16(14)18(23)22-12-19(13-22)10-15(6-8-21(19)2)11-24-17-5-3-4-7-20-17/h3-5,7,14-16H,6,8-13H2,1-2H3/t14-,15+,16-/m1/s1. The Morgan fingerprint density at radius 1 is 1.42 bits per heavy atom. The van der Waals surface area contributed by atoms with Gasteiger partial charge in [-0.15, -0.1) is 0 Å². The molecular weight excluding hydrogens is 302 g/mol. The number of carbonyl (C=O) groups excluding carboxylic acids is 1. The highest BCUT2D eigenvalue weighted by Crippen LogP contribution is 2.44. The van der Waals surface area contributed by atoms with Gasteiger partial charge in [-0.25, -0.2) is 4.98 Å². The predicted molar refractivity (Wildman–Crippen MR) is 91.7 cm³/mol. The first-order valence-electron chi connectivity index (χ1n) is 9.11. The van der Waals surface area contributed by atoms with E-state index in [1.54, 1.807) is 6.20 Å². The molecule has 1 aromatic heterocycles. The molecule has 3 atom stereocenters. The molecule has 5 nitrogen and oxygen atoms in total. The van der Waals surface area contributed by atoms with Crippen LogP contribution in [0.25, 0.3) is 0 Å². The van der Waals surface area contributed by atoms with Crippen molar-refractivity contribution in [2.24, 2.45) is 17.8 Å². The van der Waals surface area contributed by atoms with E-state index in [1.165, 1.54) is 0 Å². The third-order valence-electron chi connectivity index (χ3n) is 6.16. The van der Waals surface area contributed by atoms with Gasteiger partial charge in [0.15, 0.2) is 0 Å². The Morgan fingerprint density at radius 3 is 2.88 bits per heavy atom. The van der Waals surface area contributed by atoms with Gasteiger partial charge < -0.3 is 9.64 Å². The number of hydrogen-bond donors (Lipinski definition) is 0. The molecule has 3 aliphatic rings. The summed E-state index contributed by atoms with van der Waals surface area (Å²) in [6.45, 7) is 5.77. The average Bonchev–Trinajstić information content (AvgIpc) is 3.29. The molecule has 0 aromatic carbocycles. The molecule has 3 fully saturated rings. The first-order valence-corrected chi connectivity index (χ1v) is 9.11. The van der Waals surface area contributed by atoms with Crippen LogP contribution in [-0.4, -0.2) is 59.5 Å². The number of likely N-dealkylation sites (N-methyl/N-ethyl adjacent to an activating group) is 1. The quantitative estimate of drug-likeness (QED) is 0.848. The molecule has 1 aromatic rings. The maximum atomic E-state index is 12.4. The zero-order chi connectivity index (χ0) is 16.7. The van der Waals surface area contributed by atoms with E-state index in [0.717, 1.165) is 45.5 Å². The normalized spacial score (nSPS) is 31.6. The van der Waals surface area contributed by atoms with E-state index in [2.05, 4.69) is 28.8 Å². The second-order valence-corrected chi connectivity index (χ2v) is 8.00. The van der Waals surface area contributed by atoms with Crippen molar-refractivity contribution in [3.63, 3.8) is 0 Å². The van der Waals surface area contributed by atoms with E-state index in [0.29, 0.717) is 29.5 Å². The van der Waals surface area contributed by atoms with Crippen LogP contribution in [0.2, 0.25) is 0 Å². The van der Waals surface area contributed by atoms with Crippen LogP contribution in [0.3, 0.4) is 0 Å². The van der Waals surface area contributed by atoms with Crippen LogP contribution in [-0.2, 0) is 4.79 Å². The van der Waals surface area contributed by atoms with Gasteiger partial charge in [-0.3, -0.25) is 9.69 Å². The van der Waals surface area contributed by atoms with Crippen molar-refractivity contribution in [1.29, 1.82) is 0 Å². The number of carbonyl (C=O) groups is 1. The van der Waals surface area contributed by atoms with Crippen LogP contribution in [0.4, 0.5) is 0 Å². The summed E-state index contributed by atoms with van der Waals surface area (Å²) in [6, 6.07) is 5.76. The summed E-state index contributed by atoms with van der Waals surface area (Å²) in [7, 11) is 2.21. The summed E-state index contributed by atoms with van der Waals surface area (Å²) in [5.74, 6) is 2.53. The fraction of sp³-hybridized carbons (Fsp3) is 0.684. The highest BCUT2D eigenvalue weighted by atomic mass is 16.5. The number of hydrogen-bond acceptors (Lipinski definition) is 4. The van der Waals surface area contributed by atoms with Gasteiger partial charge in [0, 0.05) is 31.3 Å². The molecule has 130 valence electrons. The number of pyridine rings is 1. The Bertz CT molecular complexity index is 600. The smallest absolute Gasteiger partial charge is 0.226 e. The summed E-state index contributed by atoms with van der Waals surface area (Å²) in [5.41, 5.74) is 0.171. The molecular formula is C19H27N3O2. The topological polar surface area (TPSA) is 45.7 Å². The van der Waals surface area contributed by atoms with Gasteiger partial charge in [0.05, 0.1) is 12.1 Å². The lowest BCUT2D eigenvalue weighted by Crippen LogP contribution is -2.72. The predicted octanol–water partition coefficient (Wildman–Crippen LogP) is 2.04. The summed E-state index contributed by atoms with van der Waals surface area (Å²) in [4.78, 5) is 21.2. The highest BCUT2D eigenvalue weighted by molar-refractivity contribution is 5.82. The molecule has 1 saturated carbocycles. The van der Waals surface area contributed by atoms with E-state index in [4.69, 9.17) is 4.74 Å². The number of aromatic nitrogens is 1. The van der Waals surface area contributed by atoms with E-state index in [1.807, 2.05) is 18.2 Å². The summed E-state index contributed by atoms with van der Waals surface area (Å²) >= 11 is 0. The first-order chi connectivity index (χ1) is 11.6. The van der Waals surface area contributed by atoms with Gasteiger partial charge >= 0.3 is 0 Å². The largest absolute Gasteiger partial charge is 0.477 e. The van der Waals surface area contributed by atoms with E-state index in [-0.39, 0.29) is 5.54 Å². The molecule has 24 heavy (non-hydrogen) atoms. The maximum Gasteiger partial charge on any atom is 0.226 e. The summed E-state index contributed by atoms with van der Waals surface area (Å²) in [5, 5.41) is 0. The van der Waals surface area contributed by atoms with Gasteiger partial charge in [-0.2, -0.15) is 0 Å². The molecule has 0 unspecified atom stereocenters. The van der Waals surface area contributed by atoms with Crippen LogP contribution in [0, 0.1) is 17.8 Å². The maximum absolute atomic E-state index is 12.4. The number of rotatable bonds is 4. The molecule has 0 radical (unpaired) electrons. The average molecular weight is 329 g/mol. The monoisotopic (exact) mass is 329 g/mol.